The molecule has 1 aliphatic carbocycles. The molecule has 1 rings (SSSR count). The largest absolute Gasteiger partial charge is 0.465 e. The van der Waals surface area contributed by atoms with Crippen molar-refractivity contribution in [3.8, 4) is 6.07 Å². The van der Waals surface area contributed by atoms with Crippen LogP contribution in [0.15, 0.2) is 0 Å². The normalized spacial score (nSPS) is 20.1. The van der Waals surface area contributed by atoms with Gasteiger partial charge in [-0.2, -0.15) is 5.26 Å². The van der Waals surface area contributed by atoms with Gasteiger partial charge in [0, 0.05) is 7.05 Å². The summed E-state index contributed by atoms with van der Waals surface area (Å²) in [6, 6.07) is 1.53. The van der Waals surface area contributed by atoms with Crippen LogP contribution in [0.4, 0.5) is 4.79 Å². The third-order valence-corrected chi connectivity index (χ3v) is 2.71. The van der Waals surface area contributed by atoms with Crippen LogP contribution >= 0.6 is 0 Å². The number of nitrogens with zero attached hydrogens (tertiary/aromatic N) is 2. The summed E-state index contributed by atoms with van der Waals surface area (Å²) >= 11 is 0. The molecule has 1 amide bonds. The Morgan fingerprint density at radius 1 is 1.77 bits per heavy atom. The smallest absolute Gasteiger partial charge is 0.408 e. The van der Waals surface area contributed by atoms with Crippen molar-refractivity contribution >= 4 is 6.09 Å². The van der Waals surface area contributed by atoms with Crippen molar-refractivity contribution in [3.05, 3.63) is 0 Å². The molecule has 0 saturated heterocycles. The minimum absolute atomic E-state index is 0.212. The van der Waals surface area contributed by atoms with Crippen molar-refractivity contribution in [2.45, 2.75) is 32.2 Å². The Morgan fingerprint density at radius 2 is 2.31 bits per heavy atom. The van der Waals surface area contributed by atoms with Gasteiger partial charge in [0.05, 0.1) is 6.07 Å². The maximum atomic E-state index is 10.6. The summed E-state index contributed by atoms with van der Waals surface area (Å²) in [6.07, 6.45) is 1.85. The summed E-state index contributed by atoms with van der Waals surface area (Å²) in [6.45, 7) is 2.09. The summed E-state index contributed by atoms with van der Waals surface area (Å²) in [5.41, 5.74) is 0.212. The number of amides is 1. The van der Waals surface area contributed by atoms with Crippen LogP contribution in [0, 0.1) is 16.7 Å². The van der Waals surface area contributed by atoms with E-state index in [-0.39, 0.29) is 5.41 Å². The number of nitriles is 1. The predicted molar refractivity (Wildman–Crippen MR) is 47.1 cm³/mol. The van der Waals surface area contributed by atoms with E-state index < -0.39 is 12.1 Å². The highest BCUT2D eigenvalue weighted by Crippen LogP contribution is 2.49. The summed E-state index contributed by atoms with van der Waals surface area (Å²) < 4.78 is 0. The van der Waals surface area contributed by atoms with Gasteiger partial charge in [-0.25, -0.2) is 4.79 Å². The van der Waals surface area contributed by atoms with Crippen molar-refractivity contribution < 1.29 is 9.90 Å². The Bertz CT molecular complexity index is 253. The Balaban J connectivity index is 2.53. The molecule has 0 radical (unpaired) electrons. The van der Waals surface area contributed by atoms with Gasteiger partial charge in [0.2, 0.25) is 0 Å². The Kier molecular flexibility index (Phi) is 2.46. The monoisotopic (exact) mass is 182 g/mol. The van der Waals surface area contributed by atoms with Gasteiger partial charge in [-0.05, 0) is 24.7 Å². The third kappa shape index (κ3) is 2.35. The van der Waals surface area contributed by atoms with Crippen LogP contribution in [0.5, 0.6) is 0 Å². The second-order valence-corrected chi connectivity index (χ2v) is 4.05. The Morgan fingerprint density at radius 3 is 2.62 bits per heavy atom. The summed E-state index contributed by atoms with van der Waals surface area (Å²) in [5, 5.41) is 17.5. The predicted octanol–water partition coefficient (Wildman–Crippen LogP) is 1.68. The Hall–Kier alpha value is -1.24. The second-order valence-electron chi connectivity index (χ2n) is 4.05. The first-order valence-electron chi connectivity index (χ1n) is 4.34. The molecule has 1 fully saturated rings. The fraction of sp³-hybridized carbons (Fsp3) is 0.778. The molecule has 0 spiro atoms. The van der Waals surface area contributed by atoms with Crippen molar-refractivity contribution in [1.82, 2.24) is 4.90 Å². The molecule has 13 heavy (non-hydrogen) atoms. The topological polar surface area (TPSA) is 64.3 Å². The van der Waals surface area contributed by atoms with Gasteiger partial charge in [-0.3, -0.25) is 4.90 Å². The lowest BCUT2D eigenvalue weighted by molar-refractivity contribution is 0.142. The standard InChI is InChI=1S/C9H14N2O2/c1-9(3-4-9)5-7(6-10)11(2)8(12)13/h7H,3-5H2,1-2H3,(H,12,13). The molecule has 0 heterocycles. The highest BCUT2D eigenvalue weighted by molar-refractivity contribution is 5.65. The minimum Gasteiger partial charge on any atom is -0.465 e. The van der Waals surface area contributed by atoms with Crippen LogP contribution in [0.1, 0.15) is 26.2 Å². The molecule has 1 unspecified atom stereocenters. The highest BCUT2D eigenvalue weighted by Gasteiger charge is 2.40. The molecular weight excluding hydrogens is 168 g/mol. The molecule has 1 saturated carbocycles. The summed E-state index contributed by atoms with van der Waals surface area (Å²) in [7, 11) is 1.45. The average molecular weight is 182 g/mol. The molecule has 1 aliphatic rings. The fourth-order valence-electron chi connectivity index (χ4n) is 1.29. The Labute approximate surface area is 77.8 Å². The first-order chi connectivity index (χ1) is 5.98. The molecule has 72 valence electrons. The SMILES string of the molecule is CN(C(=O)O)C(C#N)CC1(C)CC1. The maximum Gasteiger partial charge on any atom is 0.408 e. The van der Waals surface area contributed by atoms with E-state index in [1.807, 2.05) is 6.07 Å². The van der Waals surface area contributed by atoms with Gasteiger partial charge in [0.1, 0.15) is 6.04 Å². The first kappa shape index (κ1) is 9.85. The van der Waals surface area contributed by atoms with E-state index in [2.05, 4.69) is 6.92 Å². The molecule has 0 aromatic rings. The number of carbonyl (C=O) groups is 1. The molecule has 1 atom stereocenters. The van der Waals surface area contributed by atoms with Gasteiger partial charge >= 0.3 is 6.09 Å². The zero-order chi connectivity index (χ0) is 10.1. The third-order valence-electron chi connectivity index (χ3n) is 2.71. The molecule has 0 bridgehead atoms. The van der Waals surface area contributed by atoms with Crippen LogP contribution in [-0.2, 0) is 0 Å². The average Bonchev–Trinajstić information content (AvgIpc) is 2.79. The van der Waals surface area contributed by atoms with Crippen molar-refractivity contribution in [3.63, 3.8) is 0 Å². The van der Waals surface area contributed by atoms with Gasteiger partial charge < -0.3 is 5.11 Å². The molecule has 4 nitrogen and oxygen atoms in total. The highest BCUT2D eigenvalue weighted by atomic mass is 16.4. The molecule has 0 aromatic heterocycles. The van der Waals surface area contributed by atoms with E-state index in [1.54, 1.807) is 0 Å². The fourth-order valence-corrected chi connectivity index (χ4v) is 1.29. The number of carboxylic acid groups (broad SMARTS) is 1. The van der Waals surface area contributed by atoms with Crippen LogP contribution in [0.3, 0.4) is 0 Å². The van der Waals surface area contributed by atoms with E-state index >= 15 is 0 Å². The van der Waals surface area contributed by atoms with Crippen LogP contribution in [-0.4, -0.2) is 29.2 Å². The van der Waals surface area contributed by atoms with E-state index in [4.69, 9.17) is 10.4 Å². The lowest BCUT2D eigenvalue weighted by Crippen LogP contribution is -2.36. The molecule has 0 aliphatic heterocycles. The van der Waals surface area contributed by atoms with Crippen molar-refractivity contribution in [1.29, 1.82) is 5.26 Å². The van der Waals surface area contributed by atoms with Crippen LogP contribution < -0.4 is 0 Å². The van der Waals surface area contributed by atoms with Crippen LogP contribution in [0.25, 0.3) is 0 Å². The van der Waals surface area contributed by atoms with Crippen molar-refractivity contribution in [2.75, 3.05) is 7.05 Å². The van der Waals surface area contributed by atoms with Crippen molar-refractivity contribution in [2.24, 2.45) is 5.41 Å². The first-order valence-corrected chi connectivity index (χ1v) is 4.34. The maximum absolute atomic E-state index is 10.6. The molecular formula is C9H14N2O2. The van der Waals surface area contributed by atoms with Gasteiger partial charge in [-0.1, -0.05) is 6.92 Å². The minimum atomic E-state index is -1.03. The summed E-state index contributed by atoms with van der Waals surface area (Å²) in [5.74, 6) is 0. The number of hydrogen-bond acceptors (Lipinski definition) is 2. The van der Waals surface area contributed by atoms with E-state index in [9.17, 15) is 4.79 Å². The summed E-state index contributed by atoms with van der Waals surface area (Å²) in [4.78, 5) is 11.7. The molecule has 1 N–H and O–H groups in total. The zero-order valence-electron chi connectivity index (χ0n) is 7.95. The zero-order valence-corrected chi connectivity index (χ0v) is 7.95. The van der Waals surface area contributed by atoms with E-state index in [0.29, 0.717) is 6.42 Å². The second kappa shape index (κ2) is 3.25. The number of hydrogen-bond donors (Lipinski definition) is 1. The van der Waals surface area contributed by atoms with Crippen LogP contribution in [0.2, 0.25) is 0 Å². The molecule has 4 heteroatoms. The number of rotatable bonds is 3. The van der Waals surface area contributed by atoms with E-state index in [0.717, 1.165) is 17.7 Å². The van der Waals surface area contributed by atoms with Gasteiger partial charge in [0.25, 0.3) is 0 Å². The van der Waals surface area contributed by atoms with E-state index in [1.165, 1.54) is 7.05 Å². The quantitative estimate of drug-likeness (QED) is 0.722. The lowest BCUT2D eigenvalue weighted by Gasteiger charge is -2.21. The van der Waals surface area contributed by atoms with Gasteiger partial charge in [0.15, 0.2) is 0 Å². The lowest BCUT2D eigenvalue weighted by atomic mass is 9.99. The molecule has 0 aromatic carbocycles. The van der Waals surface area contributed by atoms with Gasteiger partial charge in [-0.15, -0.1) is 0 Å².